The molecule has 2 heterocycles. The number of amides is 1. The van der Waals surface area contributed by atoms with E-state index in [1.807, 2.05) is 25.1 Å². The largest absolute Gasteiger partial charge is 0.391 e. The second-order valence-electron chi connectivity index (χ2n) is 5.88. The molecule has 2 atom stereocenters. The van der Waals surface area contributed by atoms with E-state index in [9.17, 15) is 9.90 Å². The van der Waals surface area contributed by atoms with Crippen LogP contribution in [0.5, 0.6) is 0 Å². The molecular formula is C17H21N3O2S. The number of carbonyl (C=O) groups excluding carboxylic acids is 1. The number of hydrogen-bond acceptors (Lipinski definition) is 5. The molecule has 122 valence electrons. The SMILES string of the molecule is Cc1nc(Cc2ccccc2)sc1C(=O)NCC1CNCC1O. The second kappa shape index (κ2) is 7.21. The van der Waals surface area contributed by atoms with Crippen molar-refractivity contribution in [1.29, 1.82) is 0 Å². The Morgan fingerprint density at radius 2 is 2.17 bits per heavy atom. The van der Waals surface area contributed by atoms with Crippen molar-refractivity contribution < 1.29 is 9.90 Å². The molecule has 2 aromatic rings. The van der Waals surface area contributed by atoms with Crippen LogP contribution in [0.2, 0.25) is 0 Å². The first-order valence-electron chi connectivity index (χ1n) is 7.80. The van der Waals surface area contributed by atoms with Gasteiger partial charge in [-0.3, -0.25) is 4.79 Å². The number of aromatic nitrogens is 1. The molecule has 3 N–H and O–H groups in total. The Balaban J connectivity index is 1.62. The number of rotatable bonds is 5. The van der Waals surface area contributed by atoms with Gasteiger partial charge in [0.2, 0.25) is 0 Å². The molecule has 3 rings (SSSR count). The van der Waals surface area contributed by atoms with Crippen molar-refractivity contribution in [3.63, 3.8) is 0 Å². The minimum atomic E-state index is -0.383. The first kappa shape index (κ1) is 16.1. The number of benzene rings is 1. The lowest BCUT2D eigenvalue weighted by molar-refractivity contribution is 0.0930. The second-order valence-corrected chi connectivity index (χ2v) is 6.96. The molecule has 0 saturated carbocycles. The average Bonchev–Trinajstić information content (AvgIpc) is 3.12. The number of nitrogens with one attached hydrogen (secondary N) is 2. The summed E-state index contributed by atoms with van der Waals surface area (Å²) in [6.45, 7) is 3.69. The topological polar surface area (TPSA) is 74.2 Å². The predicted molar refractivity (Wildman–Crippen MR) is 90.8 cm³/mol. The number of hydrogen-bond donors (Lipinski definition) is 3. The summed E-state index contributed by atoms with van der Waals surface area (Å²) in [4.78, 5) is 17.5. The van der Waals surface area contributed by atoms with Crippen LogP contribution in [0.1, 0.15) is 25.9 Å². The van der Waals surface area contributed by atoms with Gasteiger partial charge in [-0.15, -0.1) is 11.3 Å². The van der Waals surface area contributed by atoms with Crippen molar-refractivity contribution in [2.45, 2.75) is 19.4 Å². The fourth-order valence-electron chi connectivity index (χ4n) is 2.74. The van der Waals surface area contributed by atoms with Crippen LogP contribution in [0, 0.1) is 12.8 Å². The van der Waals surface area contributed by atoms with Crippen LogP contribution in [-0.2, 0) is 6.42 Å². The van der Waals surface area contributed by atoms with E-state index in [2.05, 4.69) is 27.8 Å². The molecule has 6 heteroatoms. The molecule has 5 nitrogen and oxygen atoms in total. The Morgan fingerprint density at radius 3 is 2.87 bits per heavy atom. The van der Waals surface area contributed by atoms with E-state index >= 15 is 0 Å². The summed E-state index contributed by atoms with van der Waals surface area (Å²) >= 11 is 1.44. The Bertz CT molecular complexity index is 672. The highest BCUT2D eigenvalue weighted by atomic mass is 32.1. The number of nitrogens with zero attached hydrogens (tertiary/aromatic N) is 1. The maximum atomic E-state index is 12.4. The first-order valence-corrected chi connectivity index (χ1v) is 8.62. The lowest BCUT2D eigenvalue weighted by atomic mass is 10.1. The Labute approximate surface area is 139 Å². The molecule has 1 aliphatic rings. The van der Waals surface area contributed by atoms with E-state index in [0.717, 1.165) is 23.7 Å². The van der Waals surface area contributed by atoms with Crippen molar-refractivity contribution in [2.24, 2.45) is 5.92 Å². The zero-order valence-corrected chi connectivity index (χ0v) is 13.9. The molecule has 0 spiro atoms. The minimum Gasteiger partial charge on any atom is -0.391 e. The summed E-state index contributed by atoms with van der Waals surface area (Å²) in [7, 11) is 0. The zero-order chi connectivity index (χ0) is 16.2. The van der Waals surface area contributed by atoms with Crippen LogP contribution in [0.4, 0.5) is 0 Å². The van der Waals surface area contributed by atoms with E-state index in [0.29, 0.717) is 18.0 Å². The van der Waals surface area contributed by atoms with Crippen molar-refractivity contribution in [2.75, 3.05) is 19.6 Å². The molecular weight excluding hydrogens is 310 g/mol. The maximum absolute atomic E-state index is 12.4. The van der Waals surface area contributed by atoms with Crippen LogP contribution in [-0.4, -0.2) is 41.7 Å². The Kier molecular flexibility index (Phi) is 5.05. The average molecular weight is 331 g/mol. The number of aryl methyl sites for hydroxylation is 1. The standard InChI is InChI=1S/C17H21N3O2S/c1-11-16(17(22)19-9-13-8-18-10-14(13)21)23-15(20-11)7-12-5-3-2-4-6-12/h2-6,13-14,18,21H,7-10H2,1H3,(H,19,22). The molecule has 1 amide bonds. The third-order valence-electron chi connectivity index (χ3n) is 4.07. The Morgan fingerprint density at radius 1 is 1.39 bits per heavy atom. The maximum Gasteiger partial charge on any atom is 0.263 e. The summed E-state index contributed by atoms with van der Waals surface area (Å²) in [6, 6.07) is 10.1. The number of β-amino-alcohol motifs (C(OH)–C–C–N with tert-alkyl or cyclic N) is 1. The molecule has 1 aromatic heterocycles. The fraction of sp³-hybridized carbons (Fsp3) is 0.412. The highest BCUT2D eigenvalue weighted by molar-refractivity contribution is 7.13. The summed E-state index contributed by atoms with van der Waals surface area (Å²) in [5.74, 6) is -0.0191. The van der Waals surface area contributed by atoms with Gasteiger partial charge >= 0.3 is 0 Å². The minimum absolute atomic E-state index is 0.0796. The summed E-state index contributed by atoms with van der Waals surface area (Å²) < 4.78 is 0. The fourth-order valence-corrected chi connectivity index (χ4v) is 3.76. The first-order chi connectivity index (χ1) is 11.1. The zero-order valence-electron chi connectivity index (χ0n) is 13.1. The smallest absolute Gasteiger partial charge is 0.263 e. The van der Waals surface area contributed by atoms with E-state index in [-0.39, 0.29) is 17.9 Å². The van der Waals surface area contributed by atoms with Gasteiger partial charge in [0.1, 0.15) is 4.88 Å². The van der Waals surface area contributed by atoms with Gasteiger partial charge in [0.25, 0.3) is 5.91 Å². The van der Waals surface area contributed by atoms with E-state index < -0.39 is 0 Å². The predicted octanol–water partition coefficient (Wildman–Crippen LogP) is 1.35. The molecule has 1 fully saturated rings. The van der Waals surface area contributed by atoms with Crippen molar-refractivity contribution in [1.82, 2.24) is 15.6 Å². The van der Waals surface area contributed by atoms with Crippen LogP contribution < -0.4 is 10.6 Å². The van der Waals surface area contributed by atoms with E-state index in [1.54, 1.807) is 0 Å². The molecule has 2 unspecified atom stereocenters. The van der Waals surface area contributed by atoms with Gasteiger partial charge < -0.3 is 15.7 Å². The summed E-state index contributed by atoms with van der Waals surface area (Å²) in [6.07, 6.45) is 0.358. The van der Waals surface area contributed by atoms with Crippen molar-refractivity contribution in [3.05, 3.63) is 51.5 Å². The van der Waals surface area contributed by atoms with Crippen LogP contribution in [0.15, 0.2) is 30.3 Å². The van der Waals surface area contributed by atoms with Crippen LogP contribution in [0.3, 0.4) is 0 Å². The van der Waals surface area contributed by atoms with E-state index in [4.69, 9.17) is 0 Å². The quantitative estimate of drug-likeness (QED) is 0.773. The van der Waals surface area contributed by atoms with Gasteiger partial charge in [-0.05, 0) is 12.5 Å². The third-order valence-corrected chi connectivity index (χ3v) is 5.23. The molecule has 0 aliphatic carbocycles. The van der Waals surface area contributed by atoms with E-state index in [1.165, 1.54) is 16.9 Å². The van der Waals surface area contributed by atoms with Gasteiger partial charge in [0, 0.05) is 32.0 Å². The van der Waals surface area contributed by atoms with Gasteiger partial charge in [0.05, 0.1) is 16.8 Å². The number of aliphatic hydroxyl groups is 1. The van der Waals surface area contributed by atoms with Crippen molar-refractivity contribution in [3.8, 4) is 0 Å². The number of thiazole rings is 1. The highest BCUT2D eigenvalue weighted by Gasteiger charge is 2.25. The van der Waals surface area contributed by atoms with Crippen LogP contribution >= 0.6 is 11.3 Å². The number of aliphatic hydroxyl groups excluding tert-OH is 1. The normalized spacial score (nSPS) is 20.6. The summed E-state index contributed by atoms with van der Waals surface area (Å²) in [5, 5.41) is 16.8. The molecule has 0 bridgehead atoms. The third kappa shape index (κ3) is 3.96. The lowest BCUT2D eigenvalue weighted by Gasteiger charge is -2.13. The highest BCUT2D eigenvalue weighted by Crippen LogP contribution is 2.21. The molecule has 1 aromatic carbocycles. The lowest BCUT2D eigenvalue weighted by Crippen LogP contribution is -2.34. The van der Waals surface area contributed by atoms with Gasteiger partial charge in [-0.25, -0.2) is 4.98 Å². The molecule has 0 radical (unpaired) electrons. The molecule has 1 aliphatic heterocycles. The Hall–Kier alpha value is -1.76. The number of carbonyl (C=O) groups is 1. The van der Waals surface area contributed by atoms with Gasteiger partial charge in [-0.1, -0.05) is 30.3 Å². The monoisotopic (exact) mass is 331 g/mol. The molecule has 23 heavy (non-hydrogen) atoms. The van der Waals surface area contributed by atoms with Crippen molar-refractivity contribution >= 4 is 17.2 Å². The van der Waals surface area contributed by atoms with Crippen LogP contribution in [0.25, 0.3) is 0 Å². The van der Waals surface area contributed by atoms with Gasteiger partial charge in [-0.2, -0.15) is 0 Å². The van der Waals surface area contributed by atoms with Gasteiger partial charge in [0.15, 0.2) is 0 Å². The molecule has 1 saturated heterocycles. The summed E-state index contributed by atoms with van der Waals surface area (Å²) in [5.41, 5.74) is 1.96.